The zero-order valence-corrected chi connectivity index (χ0v) is 18.8. The van der Waals surface area contributed by atoms with Gasteiger partial charge in [0.05, 0.1) is 18.0 Å². The van der Waals surface area contributed by atoms with Crippen LogP contribution in [0.4, 0.5) is 5.13 Å². The zero-order chi connectivity index (χ0) is 21.8. The van der Waals surface area contributed by atoms with Gasteiger partial charge in [0.15, 0.2) is 11.6 Å². The minimum Gasteiger partial charge on any atom is -0.489 e. The molecule has 0 amide bonds. The Morgan fingerprint density at radius 3 is 2.72 bits per heavy atom. The Labute approximate surface area is 191 Å². The van der Waals surface area contributed by atoms with Crippen molar-refractivity contribution in [2.24, 2.45) is 0 Å². The van der Waals surface area contributed by atoms with Crippen LogP contribution in [0.1, 0.15) is 43.4 Å². The maximum Gasteiger partial charge on any atom is 0.203 e. The Hall–Kier alpha value is -3.26. The van der Waals surface area contributed by atoms with Gasteiger partial charge in [-0.1, -0.05) is 41.9 Å². The molecule has 0 atom stereocenters. The van der Waals surface area contributed by atoms with Gasteiger partial charge in [0, 0.05) is 29.2 Å². The smallest absolute Gasteiger partial charge is 0.203 e. The topological polar surface area (TPSA) is 86.0 Å². The van der Waals surface area contributed by atoms with Crippen molar-refractivity contribution in [1.29, 1.82) is 0 Å². The standard InChI is InChI=1S/C24H25N5O2S/c1-16-20(15-26-24-27-23(29-32-24)17-8-4-2-5-9-17)22(31-28-16)21-13-12-19(14-25-21)30-18-10-6-3-7-11-18/h2,4-5,8-9,12-14,18H,3,6-7,10-11,15H2,1H3,(H,26,27,29). The summed E-state index contributed by atoms with van der Waals surface area (Å²) in [5, 5.41) is 8.25. The van der Waals surface area contributed by atoms with Gasteiger partial charge in [-0.3, -0.25) is 0 Å². The first kappa shape index (κ1) is 20.6. The summed E-state index contributed by atoms with van der Waals surface area (Å²) in [6.45, 7) is 2.45. The van der Waals surface area contributed by atoms with E-state index in [9.17, 15) is 0 Å². The minimum atomic E-state index is 0.302. The summed E-state index contributed by atoms with van der Waals surface area (Å²) in [4.78, 5) is 9.17. The van der Waals surface area contributed by atoms with Gasteiger partial charge in [0.25, 0.3) is 0 Å². The van der Waals surface area contributed by atoms with E-state index in [1.165, 1.54) is 30.8 Å². The Morgan fingerprint density at radius 1 is 1.09 bits per heavy atom. The fourth-order valence-corrected chi connectivity index (χ4v) is 4.50. The molecule has 1 N–H and O–H groups in total. The maximum absolute atomic E-state index is 6.09. The van der Waals surface area contributed by atoms with E-state index in [1.54, 1.807) is 6.20 Å². The molecular weight excluding hydrogens is 422 g/mol. The van der Waals surface area contributed by atoms with Gasteiger partial charge in [-0.15, -0.1) is 0 Å². The quantitative estimate of drug-likeness (QED) is 0.378. The molecule has 1 aliphatic carbocycles. The van der Waals surface area contributed by atoms with Gasteiger partial charge in [-0.05, 0) is 44.7 Å². The molecule has 32 heavy (non-hydrogen) atoms. The van der Waals surface area contributed by atoms with Crippen LogP contribution in [0, 0.1) is 6.92 Å². The SMILES string of the molecule is Cc1noc(-c2ccc(OC3CCCCC3)cn2)c1CNc1nc(-c2ccccc2)ns1. The van der Waals surface area contributed by atoms with Crippen LogP contribution in [0.2, 0.25) is 0 Å². The number of benzene rings is 1. The third-order valence-electron chi connectivity index (χ3n) is 5.68. The van der Waals surface area contributed by atoms with E-state index < -0.39 is 0 Å². The first-order valence-corrected chi connectivity index (χ1v) is 11.7. The minimum absolute atomic E-state index is 0.302. The van der Waals surface area contributed by atoms with E-state index in [0.29, 0.717) is 18.4 Å². The molecule has 7 nitrogen and oxygen atoms in total. The van der Waals surface area contributed by atoms with E-state index in [4.69, 9.17) is 9.26 Å². The van der Waals surface area contributed by atoms with Crippen LogP contribution in [0.25, 0.3) is 22.8 Å². The van der Waals surface area contributed by atoms with Crippen molar-refractivity contribution in [2.45, 2.75) is 51.7 Å². The van der Waals surface area contributed by atoms with Crippen molar-refractivity contribution >= 4 is 16.7 Å². The lowest BCUT2D eigenvalue weighted by molar-refractivity contribution is 0.154. The molecule has 0 bridgehead atoms. The second-order valence-corrected chi connectivity index (χ2v) is 8.73. The lowest BCUT2D eigenvalue weighted by atomic mass is 9.98. The summed E-state index contributed by atoms with van der Waals surface area (Å²) < 4.78 is 16.1. The van der Waals surface area contributed by atoms with E-state index in [-0.39, 0.29) is 0 Å². The lowest BCUT2D eigenvalue weighted by Gasteiger charge is -2.22. The Balaban J connectivity index is 1.27. The van der Waals surface area contributed by atoms with Crippen LogP contribution in [0.3, 0.4) is 0 Å². The molecule has 164 valence electrons. The summed E-state index contributed by atoms with van der Waals surface area (Å²) in [5.74, 6) is 2.18. The number of aryl methyl sites for hydroxylation is 1. The highest BCUT2D eigenvalue weighted by Gasteiger charge is 2.18. The first-order valence-electron chi connectivity index (χ1n) is 11.0. The first-order chi connectivity index (χ1) is 15.8. The second-order valence-electron chi connectivity index (χ2n) is 7.98. The van der Waals surface area contributed by atoms with Crippen molar-refractivity contribution in [3.63, 3.8) is 0 Å². The van der Waals surface area contributed by atoms with Crippen LogP contribution < -0.4 is 10.1 Å². The molecule has 3 aromatic heterocycles. The monoisotopic (exact) mass is 447 g/mol. The highest BCUT2D eigenvalue weighted by Crippen LogP contribution is 2.29. The summed E-state index contributed by atoms with van der Waals surface area (Å²) in [6.07, 6.45) is 8.11. The molecule has 3 heterocycles. The third-order valence-corrected chi connectivity index (χ3v) is 6.36. The molecule has 0 unspecified atom stereocenters. The molecule has 0 aliphatic heterocycles. The average Bonchev–Trinajstić information content (AvgIpc) is 3.46. The van der Waals surface area contributed by atoms with Crippen molar-refractivity contribution in [1.82, 2.24) is 19.5 Å². The maximum atomic E-state index is 6.09. The predicted octanol–water partition coefficient (Wildman–Crippen LogP) is 5.89. The molecule has 1 fully saturated rings. The van der Waals surface area contributed by atoms with Gasteiger partial charge >= 0.3 is 0 Å². The third kappa shape index (κ3) is 4.65. The number of ether oxygens (including phenoxy) is 1. The predicted molar refractivity (Wildman–Crippen MR) is 125 cm³/mol. The number of hydrogen-bond acceptors (Lipinski definition) is 8. The van der Waals surface area contributed by atoms with Crippen LogP contribution in [-0.2, 0) is 6.54 Å². The zero-order valence-electron chi connectivity index (χ0n) is 18.0. The Bertz CT molecular complexity index is 1150. The molecule has 1 saturated carbocycles. The summed E-state index contributed by atoms with van der Waals surface area (Å²) >= 11 is 1.34. The second kappa shape index (κ2) is 9.48. The van der Waals surface area contributed by atoms with Gasteiger partial charge in [-0.2, -0.15) is 9.36 Å². The van der Waals surface area contributed by atoms with Crippen LogP contribution >= 0.6 is 11.5 Å². The number of nitrogens with zero attached hydrogens (tertiary/aromatic N) is 4. The summed E-state index contributed by atoms with van der Waals surface area (Å²) in [6, 6.07) is 13.8. The molecule has 0 spiro atoms. The summed E-state index contributed by atoms with van der Waals surface area (Å²) in [7, 11) is 0. The molecular formula is C24H25N5O2S. The lowest BCUT2D eigenvalue weighted by Crippen LogP contribution is -2.19. The number of rotatable bonds is 7. The van der Waals surface area contributed by atoms with Crippen molar-refractivity contribution in [3.05, 3.63) is 59.9 Å². The number of nitrogens with one attached hydrogen (secondary N) is 1. The van der Waals surface area contributed by atoms with Crippen LogP contribution in [-0.4, -0.2) is 25.6 Å². The fourth-order valence-electron chi connectivity index (χ4n) is 3.92. The van der Waals surface area contributed by atoms with Crippen LogP contribution in [0.5, 0.6) is 5.75 Å². The van der Waals surface area contributed by atoms with Crippen molar-refractivity contribution in [2.75, 3.05) is 5.32 Å². The Kier molecular flexibility index (Phi) is 6.11. The molecule has 5 rings (SSSR count). The Morgan fingerprint density at radius 2 is 1.94 bits per heavy atom. The molecule has 0 radical (unpaired) electrons. The highest BCUT2D eigenvalue weighted by molar-refractivity contribution is 7.09. The number of hydrogen-bond donors (Lipinski definition) is 1. The largest absolute Gasteiger partial charge is 0.489 e. The molecule has 8 heteroatoms. The van der Waals surface area contributed by atoms with Gasteiger partial charge in [0.1, 0.15) is 11.4 Å². The number of aromatic nitrogens is 4. The van der Waals surface area contributed by atoms with E-state index >= 15 is 0 Å². The van der Waals surface area contributed by atoms with Crippen LogP contribution in [0.15, 0.2) is 53.2 Å². The molecule has 1 aromatic carbocycles. The summed E-state index contributed by atoms with van der Waals surface area (Å²) in [5.41, 5.74) is 3.51. The van der Waals surface area contributed by atoms with E-state index in [2.05, 4.69) is 24.8 Å². The normalized spacial score (nSPS) is 14.4. The highest BCUT2D eigenvalue weighted by atomic mass is 32.1. The van der Waals surface area contributed by atoms with Gasteiger partial charge < -0.3 is 14.6 Å². The van der Waals surface area contributed by atoms with Gasteiger partial charge in [0.2, 0.25) is 5.13 Å². The van der Waals surface area contributed by atoms with Crippen molar-refractivity contribution < 1.29 is 9.26 Å². The average molecular weight is 448 g/mol. The molecule has 1 aliphatic rings. The number of anilines is 1. The van der Waals surface area contributed by atoms with Crippen molar-refractivity contribution in [3.8, 4) is 28.6 Å². The number of pyridine rings is 1. The van der Waals surface area contributed by atoms with Gasteiger partial charge in [-0.25, -0.2) is 4.98 Å². The van der Waals surface area contributed by atoms with E-state index in [1.807, 2.05) is 49.4 Å². The fraction of sp³-hybridized carbons (Fsp3) is 0.333. The van der Waals surface area contributed by atoms with E-state index in [0.717, 1.165) is 52.1 Å². The molecule has 4 aromatic rings. The molecule has 0 saturated heterocycles.